The zero-order chi connectivity index (χ0) is 12.1. The monoisotopic (exact) mass is 249 g/mol. The summed E-state index contributed by atoms with van der Waals surface area (Å²) in [5.41, 5.74) is 9.49. The predicted molar refractivity (Wildman–Crippen MR) is 68.2 cm³/mol. The SMILES string of the molecule is Cc1ncsc1CCOc1ncccc1CN. The Morgan fingerprint density at radius 2 is 2.29 bits per heavy atom. The maximum absolute atomic E-state index is 5.64. The molecule has 2 N–H and O–H groups in total. The van der Waals surface area contributed by atoms with Gasteiger partial charge < -0.3 is 10.5 Å². The summed E-state index contributed by atoms with van der Waals surface area (Å²) in [5.74, 6) is 0.636. The highest BCUT2D eigenvalue weighted by Gasteiger charge is 2.05. The Balaban J connectivity index is 1.92. The van der Waals surface area contributed by atoms with Gasteiger partial charge in [-0.25, -0.2) is 9.97 Å². The molecule has 17 heavy (non-hydrogen) atoms. The normalized spacial score (nSPS) is 10.5. The quantitative estimate of drug-likeness (QED) is 0.879. The minimum absolute atomic E-state index is 0.447. The van der Waals surface area contributed by atoms with Gasteiger partial charge in [0.15, 0.2) is 0 Å². The lowest BCUT2D eigenvalue weighted by Gasteiger charge is -2.08. The molecule has 0 fully saturated rings. The molecule has 2 aromatic rings. The van der Waals surface area contributed by atoms with Crippen molar-refractivity contribution in [3.63, 3.8) is 0 Å². The van der Waals surface area contributed by atoms with Crippen LogP contribution in [0.2, 0.25) is 0 Å². The third-order valence-corrected chi connectivity index (χ3v) is 3.48. The van der Waals surface area contributed by atoms with Crippen molar-refractivity contribution in [2.45, 2.75) is 19.9 Å². The molecule has 0 unspecified atom stereocenters. The lowest BCUT2D eigenvalue weighted by molar-refractivity contribution is 0.306. The Kier molecular flexibility index (Phi) is 4.06. The van der Waals surface area contributed by atoms with Crippen LogP contribution in [0.1, 0.15) is 16.1 Å². The van der Waals surface area contributed by atoms with E-state index in [0.29, 0.717) is 19.0 Å². The smallest absolute Gasteiger partial charge is 0.217 e. The van der Waals surface area contributed by atoms with Crippen molar-refractivity contribution in [3.05, 3.63) is 40.0 Å². The van der Waals surface area contributed by atoms with Gasteiger partial charge in [0.1, 0.15) is 0 Å². The number of hydrogen-bond acceptors (Lipinski definition) is 5. The van der Waals surface area contributed by atoms with Gasteiger partial charge in [0.2, 0.25) is 5.88 Å². The molecule has 2 rings (SSSR count). The topological polar surface area (TPSA) is 61.0 Å². The average Bonchev–Trinajstić information content (AvgIpc) is 2.76. The van der Waals surface area contributed by atoms with Gasteiger partial charge in [0, 0.05) is 29.6 Å². The number of aryl methyl sites for hydroxylation is 1. The summed E-state index contributed by atoms with van der Waals surface area (Å²) in [6, 6.07) is 3.79. The van der Waals surface area contributed by atoms with E-state index in [4.69, 9.17) is 10.5 Å². The Hall–Kier alpha value is -1.46. The molecule has 0 aliphatic heterocycles. The number of aromatic nitrogens is 2. The number of nitrogens with zero attached hydrogens (tertiary/aromatic N) is 2. The van der Waals surface area contributed by atoms with Gasteiger partial charge in [-0.15, -0.1) is 11.3 Å². The van der Waals surface area contributed by atoms with Gasteiger partial charge in [-0.3, -0.25) is 0 Å². The van der Waals surface area contributed by atoms with Crippen LogP contribution in [-0.4, -0.2) is 16.6 Å². The maximum atomic E-state index is 5.64. The van der Waals surface area contributed by atoms with E-state index in [1.807, 2.05) is 24.6 Å². The van der Waals surface area contributed by atoms with E-state index >= 15 is 0 Å². The van der Waals surface area contributed by atoms with Gasteiger partial charge in [-0.1, -0.05) is 6.07 Å². The molecule has 0 aliphatic rings. The van der Waals surface area contributed by atoms with E-state index in [9.17, 15) is 0 Å². The average molecular weight is 249 g/mol. The highest BCUT2D eigenvalue weighted by atomic mass is 32.1. The van der Waals surface area contributed by atoms with Crippen molar-refractivity contribution >= 4 is 11.3 Å². The first-order chi connectivity index (χ1) is 8.31. The summed E-state index contributed by atoms with van der Waals surface area (Å²) < 4.78 is 5.64. The van der Waals surface area contributed by atoms with Gasteiger partial charge in [-0.05, 0) is 13.0 Å². The minimum atomic E-state index is 0.447. The third-order valence-electron chi connectivity index (χ3n) is 2.48. The van der Waals surface area contributed by atoms with E-state index in [2.05, 4.69) is 9.97 Å². The molecule has 2 aromatic heterocycles. The first kappa shape index (κ1) is 12.0. The van der Waals surface area contributed by atoms with E-state index < -0.39 is 0 Å². The van der Waals surface area contributed by atoms with Crippen LogP contribution in [0, 0.1) is 6.92 Å². The second-order valence-corrected chi connectivity index (χ2v) is 4.57. The van der Waals surface area contributed by atoms with Crippen LogP contribution in [0.5, 0.6) is 5.88 Å². The number of thiazole rings is 1. The van der Waals surface area contributed by atoms with E-state index in [0.717, 1.165) is 17.7 Å². The summed E-state index contributed by atoms with van der Waals surface area (Å²) in [7, 11) is 0. The number of pyridine rings is 1. The Bertz CT molecular complexity index is 484. The van der Waals surface area contributed by atoms with Crippen LogP contribution in [-0.2, 0) is 13.0 Å². The Morgan fingerprint density at radius 3 is 3.00 bits per heavy atom. The van der Waals surface area contributed by atoms with Crippen molar-refractivity contribution in [2.24, 2.45) is 5.73 Å². The minimum Gasteiger partial charge on any atom is -0.477 e. The highest BCUT2D eigenvalue weighted by molar-refractivity contribution is 7.09. The van der Waals surface area contributed by atoms with Gasteiger partial charge >= 0.3 is 0 Å². The molecule has 0 saturated heterocycles. The maximum Gasteiger partial charge on any atom is 0.217 e. The number of hydrogen-bond donors (Lipinski definition) is 1. The van der Waals surface area contributed by atoms with Crippen LogP contribution >= 0.6 is 11.3 Å². The zero-order valence-corrected chi connectivity index (χ0v) is 10.5. The molecule has 0 aliphatic carbocycles. The molecule has 0 spiro atoms. The largest absolute Gasteiger partial charge is 0.477 e. The summed E-state index contributed by atoms with van der Waals surface area (Å²) >= 11 is 1.66. The lowest BCUT2D eigenvalue weighted by Crippen LogP contribution is -2.07. The van der Waals surface area contributed by atoms with Gasteiger partial charge in [0.05, 0.1) is 17.8 Å². The van der Waals surface area contributed by atoms with Crippen LogP contribution < -0.4 is 10.5 Å². The van der Waals surface area contributed by atoms with E-state index in [1.54, 1.807) is 17.5 Å². The highest BCUT2D eigenvalue weighted by Crippen LogP contribution is 2.16. The summed E-state index contributed by atoms with van der Waals surface area (Å²) in [4.78, 5) is 9.64. The van der Waals surface area contributed by atoms with Crippen molar-refractivity contribution in [3.8, 4) is 5.88 Å². The first-order valence-corrected chi connectivity index (χ1v) is 6.35. The Labute approximate surface area is 104 Å². The molecule has 0 radical (unpaired) electrons. The van der Waals surface area contributed by atoms with Crippen LogP contribution in [0.4, 0.5) is 0 Å². The van der Waals surface area contributed by atoms with Crippen LogP contribution in [0.3, 0.4) is 0 Å². The summed E-state index contributed by atoms with van der Waals surface area (Å²) in [5, 5.41) is 0. The van der Waals surface area contributed by atoms with Gasteiger partial charge in [0.25, 0.3) is 0 Å². The van der Waals surface area contributed by atoms with Crippen molar-refractivity contribution < 1.29 is 4.74 Å². The molecule has 0 saturated carbocycles. The van der Waals surface area contributed by atoms with E-state index in [-0.39, 0.29) is 0 Å². The molecular formula is C12H15N3OS. The molecule has 0 bridgehead atoms. The molecule has 2 heterocycles. The number of nitrogens with two attached hydrogens (primary N) is 1. The summed E-state index contributed by atoms with van der Waals surface area (Å²) in [6.07, 6.45) is 2.57. The van der Waals surface area contributed by atoms with Crippen molar-refractivity contribution in [1.29, 1.82) is 0 Å². The third kappa shape index (κ3) is 3.01. The van der Waals surface area contributed by atoms with Crippen LogP contribution in [0.15, 0.2) is 23.8 Å². The summed E-state index contributed by atoms with van der Waals surface area (Å²) in [6.45, 7) is 3.06. The molecule has 0 atom stereocenters. The molecule has 4 nitrogen and oxygen atoms in total. The molecule has 90 valence electrons. The second-order valence-electron chi connectivity index (χ2n) is 3.63. The fourth-order valence-corrected chi connectivity index (χ4v) is 2.28. The Morgan fingerprint density at radius 1 is 1.41 bits per heavy atom. The molecule has 0 amide bonds. The number of rotatable bonds is 5. The number of ether oxygens (including phenoxy) is 1. The standard InChI is InChI=1S/C12H15N3OS/c1-9-11(17-8-15-9)4-6-16-12-10(7-13)3-2-5-14-12/h2-3,5,8H,4,6-7,13H2,1H3. The zero-order valence-electron chi connectivity index (χ0n) is 9.72. The van der Waals surface area contributed by atoms with Crippen molar-refractivity contribution in [1.82, 2.24) is 9.97 Å². The second kappa shape index (κ2) is 5.75. The van der Waals surface area contributed by atoms with Crippen molar-refractivity contribution in [2.75, 3.05) is 6.61 Å². The molecular weight excluding hydrogens is 234 g/mol. The van der Waals surface area contributed by atoms with E-state index in [1.165, 1.54) is 4.88 Å². The lowest BCUT2D eigenvalue weighted by atomic mass is 10.3. The van der Waals surface area contributed by atoms with Gasteiger partial charge in [-0.2, -0.15) is 0 Å². The predicted octanol–water partition coefficient (Wildman–Crippen LogP) is 1.93. The van der Waals surface area contributed by atoms with Crippen LogP contribution in [0.25, 0.3) is 0 Å². The first-order valence-electron chi connectivity index (χ1n) is 5.47. The fraction of sp³-hybridized carbons (Fsp3) is 0.333. The fourth-order valence-electron chi connectivity index (χ4n) is 1.52. The molecule has 0 aromatic carbocycles. The molecule has 5 heteroatoms.